The summed E-state index contributed by atoms with van der Waals surface area (Å²) < 4.78 is 12.6. The SMILES string of the molecule is CC(COc1ccc(Cc2cc(Br)ccc2Cl)cc1)OC1CC1. The van der Waals surface area contributed by atoms with Crippen molar-refractivity contribution in [1.29, 1.82) is 0 Å². The quantitative estimate of drug-likeness (QED) is 0.604. The number of hydrogen-bond donors (Lipinski definition) is 0. The van der Waals surface area contributed by atoms with Crippen LogP contribution in [0.4, 0.5) is 0 Å². The Bertz CT molecular complexity index is 653. The van der Waals surface area contributed by atoms with Gasteiger partial charge < -0.3 is 9.47 Å². The van der Waals surface area contributed by atoms with Gasteiger partial charge in [0.15, 0.2) is 0 Å². The van der Waals surface area contributed by atoms with Gasteiger partial charge in [0.1, 0.15) is 12.4 Å². The molecule has 1 unspecified atom stereocenters. The molecule has 0 amide bonds. The van der Waals surface area contributed by atoms with E-state index in [-0.39, 0.29) is 6.10 Å². The van der Waals surface area contributed by atoms with Gasteiger partial charge in [-0.25, -0.2) is 0 Å². The zero-order valence-corrected chi connectivity index (χ0v) is 15.4. The molecule has 1 atom stereocenters. The highest BCUT2D eigenvalue weighted by molar-refractivity contribution is 9.10. The minimum absolute atomic E-state index is 0.141. The van der Waals surface area contributed by atoms with E-state index in [1.54, 1.807) is 0 Å². The third-order valence-corrected chi connectivity index (χ3v) is 4.62. The molecule has 0 spiro atoms. The van der Waals surface area contributed by atoms with E-state index in [0.29, 0.717) is 12.7 Å². The second-order valence-electron chi connectivity index (χ2n) is 6.01. The smallest absolute Gasteiger partial charge is 0.119 e. The predicted molar refractivity (Wildman–Crippen MR) is 97.5 cm³/mol. The molecule has 4 heteroatoms. The lowest BCUT2D eigenvalue weighted by Crippen LogP contribution is -2.19. The normalized spacial score (nSPS) is 15.4. The van der Waals surface area contributed by atoms with Crippen LogP contribution in [0.2, 0.25) is 5.02 Å². The van der Waals surface area contributed by atoms with E-state index in [9.17, 15) is 0 Å². The molecule has 0 aliphatic heterocycles. The van der Waals surface area contributed by atoms with Crippen LogP contribution in [0.1, 0.15) is 30.9 Å². The molecular weight excluding hydrogens is 376 g/mol. The molecule has 0 bridgehead atoms. The van der Waals surface area contributed by atoms with Gasteiger partial charge in [0.05, 0.1) is 12.2 Å². The van der Waals surface area contributed by atoms with Crippen LogP contribution in [0, 0.1) is 0 Å². The van der Waals surface area contributed by atoms with Crippen molar-refractivity contribution in [2.24, 2.45) is 0 Å². The van der Waals surface area contributed by atoms with Gasteiger partial charge in [0.25, 0.3) is 0 Å². The third kappa shape index (κ3) is 5.23. The molecule has 122 valence electrons. The summed E-state index contributed by atoms with van der Waals surface area (Å²) in [6, 6.07) is 14.1. The lowest BCUT2D eigenvalue weighted by atomic mass is 10.1. The maximum Gasteiger partial charge on any atom is 0.119 e. The number of rotatable bonds is 7. The van der Waals surface area contributed by atoms with E-state index in [4.69, 9.17) is 21.1 Å². The van der Waals surface area contributed by atoms with Crippen LogP contribution in [-0.2, 0) is 11.2 Å². The first-order valence-electron chi connectivity index (χ1n) is 7.91. The monoisotopic (exact) mass is 394 g/mol. The van der Waals surface area contributed by atoms with Crippen molar-refractivity contribution in [3.8, 4) is 5.75 Å². The van der Waals surface area contributed by atoms with Crippen LogP contribution in [0.15, 0.2) is 46.9 Å². The molecule has 3 rings (SSSR count). The number of benzene rings is 2. The van der Waals surface area contributed by atoms with Crippen LogP contribution in [0.5, 0.6) is 5.75 Å². The van der Waals surface area contributed by atoms with Crippen molar-refractivity contribution in [2.45, 2.75) is 38.4 Å². The van der Waals surface area contributed by atoms with E-state index < -0.39 is 0 Å². The Hall–Kier alpha value is -1.03. The molecule has 0 aromatic heterocycles. The summed E-state index contributed by atoms with van der Waals surface area (Å²) >= 11 is 9.74. The van der Waals surface area contributed by atoms with Crippen molar-refractivity contribution in [1.82, 2.24) is 0 Å². The summed E-state index contributed by atoms with van der Waals surface area (Å²) in [5, 5.41) is 0.791. The van der Waals surface area contributed by atoms with E-state index >= 15 is 0 Å². The summed E-state index contributed by atoms with van der Waals surface area (Å²) in [5.74, 6) is 0.875. The Morgan fingerprint density at radius 3 is 2.61 bits per heavy atom. The van der Waals surface area contributed by atoms with Gasteiger partial charge in [-0.05, 0) is 67.6 Å². The topological polar surface area (TPSA) is 18.5 Å². The van der Waals surface area contributed by atoms with E-state index in [2.05, 4.69) is 41.1 Å². The summed E-state index contributed by atoms with van der Waals surface area (Å²) in [5.41, 5.74) is 2.32. The van der Waals surface area contributed by atoms with E-state index in [1.807, 2.05) is 24.3 Å². The number of ether oxygens (including phenoxy) is 2. The van der Waals surface area contributed by atoms with Gasteiger partial charge >= 0.3 is 0 Å². The van der Waals surface area contributed by atoms with Crippen molar-refractivity contribution >= 4 is 27.5 Å². The molecule has 0 radical (unpaired) electrons. The lowest BCUT2D eigenvalue weighted by molar-refractivity contribution is 0.0210. The standard InChI is InChI=1S/C19H20BrClO2/c1-13(23-18-7-8-18)12-22-17-5-2-14(3-6-17)10-15-11-16(20)4-9-19(15)21/h2-6,9,11,13,18H,7-8,10,12H2,1H3. The Labute approximate surface area is 150 Å². The van der Waals surface area contributed by atoms with Crippen LogP contribution >= 0.6 is 27.5 Å². The van der Waals surface area contributed by atoms with E-state index in [1.165, 1.54) is 18.4 Å². The Morgan fingerprint density at radius 2 is 1.91 bits per heavy atom. The molecule has 23 heavy (non-hydrogen) atoms. The average molecular weight is 396 g/mol. The number of hydrogen-bond acceptors (Lipinski definition) is 2. The molecule has 0 saturated heterocycles. The lowest BCUT2D eigenvalue weighted by Gasteiger charge is -2.14. The maximum atomic E-state index is 6.25. The molecule has 2 aromatic rings. The second-order valence-corrected chi connectivity index (χ2v) is 7.34. The molecule has 0 N–H and O–H groups in total. The van der Waals surface area contributed by atoms with Crippen LogP contribution in [-0.4, -0.2) is 18.8 Å². The highest BCUT2D eigenvalue weighted by atomic mass is 79.9. The Balaban J connectivity index is 1.55. The van der Waals surface area contributed by atoms with Gasteiger partial charge in [0, 0.05) is 9.50 Å². The first kappa shape index (κ1) is 16.8. The number of halogens is 2. The van der Waals surface area contributed by atoms with Crippen molar-refractivity contribution < 1.29 is 9.47 Å². The van der Waals surface area contributed by atoms with Gasteiger partial charge in [-0.3, -0.25) is 0 Å². The third-order valence-electron chi connectivity index (χ3n) is 3.76. The average Bonchev–Trinajstić information content (AvgIpc) is 3.34. The molecule has 1 fully saturated rings. The molecule has 1 aliphatic rings. The summed E-state index contributed by atoms with van der Waals surface area (Å²) in [7, 11) is 0. The minimum Gasteiger partial charge on any atom is -0.491 e. The Morgan fingerprint density at radius 1 is 1.17 bits per heavy atom. The second kappa shape index (κ2) is 7.69. The van der Waals surface area contributed by atoms with Gasteiger partial charge in [0.2, 0.25) is 0 Å². The summed E-state index contributed by atoms with van der Waals surface area (Å²) in [6.07, 6.45) is 3.79. The highest BCUT2D eigenvalue weighted by Crippen LogP contribution is 2.26. The van der Waals surface area contributed by atoms with Gasteiger partial charge in [-0.2, -0.15) is 0 Å². The molecule has 2 aromatic carbocycles. The summed E-state index contributed by atoms with van der Waals surface area (Å²) in [4.78, 5) is 0. The fourth-order valence-electron chi connectivity index (χ4n) is 2.39. The van der Waals surface area contributed by atoms with Crippen LogP contribution < -0.4 is 4.74 Å². The van der Waals surface area contributed by atoms with Crippen molar-refractivity contribution in [3.05, 3.63) is 63.1 Å². The van der Waals surface area contributed by atoms with Crippen molar-refractivity contribution in [3.63, 3.8) is 0 Å². The zero-order valence-electron chi connectivity index (χ0n) is 13.1. The molecule has 2 nitrogen and oxygen atoms in total. The first-order valence-corrected chi connectivity index (χ1v) is 9.08. The van der Waals surface area contributed by atoms with Crippen LogP contribution in [0.3, 0.4) is 0 Å². The molecule has 1 saturated carbocycles. The molecular formula is C19H20BrClO2. The minimum atomic E-state index is 0.141. The highest BCUT2D eigenvalue weighted by Gasteiger charge is 2.24. The Kier molecular flexibility index (Phi) is 5.62. The fourth-order valence-corrected chi connectivity index (χ4v) is 2.98. The largest absolute Gasteiger partial charge is 0.491 e. The van der Waals surface area contributed by atoms with Gasteiger partial charge in [-0.1, -0.05) is 39.7 Å². The van der Waals surface area contributed by atoms with E-state index in [0.717, 1.165) is 27.2 Å². The van der Waals surface area contributed by atoms with Crippen molar-refractivity contribution in [2.75, 3.05) is 6.61 Å². The summed E-state index contributed by atoms with van der Waals surface area (Å²) in [6.45, 7) is 2.65. The zero-order chi connectivity index (χ0) is 16.2. The van der Waals surface area contributed by atoms with Crippen LogP contribution in [0.25, 0.3) is 0 Å². The fraction of sp³-hybridized carbons (Fsp3) is 0.368. The maximum absolute atomic E-state index is 6.25. The first-order chi connectivity index (χ1) is 11.1. The predicted octanol–water partition coefficient (Wildman–Crippen LogP) is 5.64. The molecule has 0 heterocycles. The molecule has 1 aliphatic carbocycles. The van der Waals surface area contributed by atoms with Gasteiger partial charge in [-0.15, -0.1) is 0 Å².